The van der Waals surface area contributed by atoms with Crippen molar-refractivity contribution in [3.8, 4) is 0 Å². The predicted octanol–water partition coefficient (Wildman–Crippen LogP) is 2.69. The van der Waals surface area contributed by atoms with Crippen LogP contribution in [0, 0.1) is 5.82 Å². The Balaban J connectivity index is 0.00000128. The van der Waals surface area contributed by atoms with Crippen LogP contribution in [0.4, 0.5) is 4.39 Å². The van der Waals surface area contributed by atoms with Crippen molar-refractivity contribution in [2.45, 2.75) is 32.0 Å². The number of morpholine rings is 1. The summed E-state index contributed by atoms with van der Waals surface area (Å²) in [5, 5.41) is 3.40. The Morgan fingerprint density at radius 1 is 1.38 bits per heavy atom. The highest BCUT2D eigenvalue weighted by Crippen LogP contribution is 2.25. The van der Waals surface area contributed by atoms with Gasteiger partial charge in [-0.2, -0.15) is 0 Å². The van der Waals surface area contributed by atoms with Crippen molar-refractivity contribution < 1.29 is 9.13 Å². The first-order valence-electron chi connectivity index (χ1n) is 5.30. The van der Waals surface area contributed by atoms with E-state index in [4.69, 9.17) is 4.74 Å². The molecule has 0 saturated carbocycles. The number of ether oxygens (including phenoxy) is 1. The smallest absolute Gasteiger partial charge is 0.123 e. The summed E-state index contributed by atoms with van der Waals surface area (Å²) in [4.78, 5) is 0. The molecule has 1 aromatic carbocycles. The van der Waals surface area contributed by atoms with E-state index in [1.807, 2.05) is 6.07 Å². The highest BCUT2D eigenvalue weighted by Gasteiger charge is 2.26. The number of halogens is 2. The largest absolute Gasteiger partial charge is 0.370 e. The predicted molar refractivity (Wildman–Crippen MR) is 64.4 cm³/mol. The van der Waals surface area contributed by atoms with Crippen molar-refractivity contribution in [2.75, 3.05) is 6.61 Å². The van der Waals surface area contributed by atoms with Crippen LogP contribution in [0.2, 0.25) is 0 Å². The molecular weight excluding hydrogens is 229 g/mol. The minimum atomic E-state index is -0.207. The molecule has 1 aliphatic heterocycles. The molecule has 2 nitrogen and oxygen atoms in total. The zero-order valence-electron chi connectivity index (χ0n) is 9.44. The van der Waals surface area contributed by atoms with Gasteiger partial charge in [-0.05, 0) is 31.5 Å². The Bertz CT molecular complexity index is 348. The maximum absolute atomic E-state index is 13.0. The fourth-order valence-electron chi connectivity index (χ4n) is 2.05. The van der Waals surface area contributed by atoms with Gasteiger partial charge < -0.3 is 10.1 Å². The molecule has 4 heteroatoms. The standard InChI is InChI=1S/C12H16FNO.ClH/c1-8-7-15-12(9(2)14-8)10-4-3-5-11(13)6-10;/h3-6,8-9,12,14H,7H2,1-2H3;1H. The summed E-state index contributed by atoms with van der Waals surface area (Å²) in [6.45, 7) is 4.81. The molecule has 1 heterocycles. The van der Waals surface area contributed by atoms with E-state index in [0.717, 1.165) is 5.56 Å². The molecule has 1 aliphatic rings. The molecule has 90 valence electrons. The van der Waals surface area contributed by atoms with Crippen molar-refractivity contribution >= 4 is 12.4 Å². The molecule has 0 radical (unpaired) electrons. The minimum Gasteiger partial charge on any atom is -0.370 e. The van der Waals surface area contributed by atoms with E-state index < -0.39 is 0 Å². The number of hydrogen-bond donors (Lipinski definition) is 1. The number of hydrogen-bond acceptors (Lipinski definition) is 2. The Morgan fingerprint density at radius 2 is 2.12 bits per heavy atom. The van der Waals surface area contributed by atoms with E-state index in [9.17, 15) is 4.39 Å². The molecule has 0 bridgehead atoms. The van der Waals surface area contributed by atoms with Crippen LogP contribution < -0.4 is 5.32 Å². The van der Waals surface area contributed by atoms with Gasteiger partial charge in [0.05, 0.1) is 12.7 Å². The highest BCUT2D eigenvalue weighted by molar-refractivity contribution is 5.85. The van der Waals surface area contributed by atoms with Crippen molar-refractivity contribution in [2.24, 2.45) is 0 Å². The minimum absolute atomic E-state index is 0. The molecule has 1 saturated heterocycles. The first-order chi connectivity index (χ1) is 7.16. The molecule has 1 fully saturated rings. The third kappa shape index (κ3) is 2.94. The SMILES string of the molecule is CC1COC(c2cccc(F)c2)C(C)N1.Cl. The molecule has 3 atom stereocenters. The number of nitrogens with one attached hydrogen (secondary N) is 1. The van der Waals surface area contributed by atoms with Gasteiger partial charge in [0.2, 0.25) is 0 Å². The van der Waals surface area contributed by atoms with Crippen molar-refractivity contribution in [3.05, 3.63) is 35.6 Å². The van der Waals surface area contributed by atoms with Gasteiger partial charge >= 0.3 is 0 Å². The van der Waals surface area contributed by atoms with Crippen molar-refractivity contribution in [1.29, 1.82) is 0 Å². The summed E-state index contributed by atoms with van der Waals surface area (Å²) < 4.78 is 18.8. The first-order valence-corrected chi connectivity index (χ1v) is 5.30. The van der Waals surface area contributed by atoms with Gasteiger partial charge in [-0.3, -0.25) is 0 Å². The third-order valence-electron chi connectivity index (χ3n) is 2.70. The van der Waals surface area contributed by atoms with Gasteiger partial charge in [0.15, 0.2) is 0 Å². The average molecular weight is 246 g/mol. The van der Waals surface area contributed by atoms with Crippen LogP contribution in [0.3, 0.4) is 0 Å². The molecule has 0 amide bonds. The summed E-state index contributed by atoms with van der Waals surface area (Å²) in [5.74, 6) is -0.207. The monoisotopic (exact) mass is 245 g/mol. The summed E-state index contributed by atoms with van der Waals surface area (Å²) >= 11 is 0. The van der Waals surface area contributed by atoms with Gasteiger partial charge in [0, 0.05) is 12.1 Å². The Hall–Kier alpha value is -0.640. The molecule has 3 unspecified atom stereocenters. The van der Waals surface area contributed by atoms with Gasteiger partial charge in [0.25, 0.3) is 0 Å². The maximum Gasteiger partial charge on any atom is 0.123 e. The van der Waals surface area contributed by atoms with Crippen molar-refractivity contribution in [1.82, 2.24) is 5.32 Å². The van der Waals surface area contributed by atoms with E-state index in [0.29, 0.717) is 12.6 Å². The molecule has 2 rings (SSSR count). The van der Waals surface area contributed by atoms with E-state index in [1.54, 1.807) is 12.1 Å². The lowest BCUT2D eigenvalue weighted by atomic mass is 10.0. The van der Waals surface area contributed by atoms with Crippen LogP contribution in [-0.2, 0) is 4.74 Å². The fourth-order valence-corrected chi connectivity index (χ4v) is 2.05. The lowest BCUT2D eigenvalue weighted by Crippen LogP contribution is -2.47. The quantitative estimate of drug-likeness (QED) is 0.822. The molecule has 0 spiro atoms. The summed E-state index contributed by atoms with van der Waals surface area (Å²) in [6.07, 6.45) is -0.0445. The maximum atomic E-state index is 13.0. The van der Waals surface area contributed by atoms with Gasteiger partial charge in [-0.1, -0.05) is 12.1 Å². The second-order valence-electron chi connectivity index (χ2n) is 4.17. The van der Waals surface area contributed by atoms with Crippen LogP contribution in [-0.4, -0.2) is 18.7 Å². The Kier molecular flexibility index (Phi) is 4.71. The average Bonchev–Trinajstić information content (AvgIpc) is 2.17. The van der Waals surface area contributed by atoms with E-state index in [-0.39, 0.29) is 30.4 Å². The van der Waals surface area contributed by atoms with Gasteiger partial charge in [-0.25, -0.2) is 4.39 Å². The normalized spacial score (nSPS) is 29.6. The summed E-state index contributed by atoms with van der Waals surface area (Å²) in [7, 11) is 0. The van der Waals surface area contributed by atoms with Crippen LogP contribution in [0.5, 0.6) is 0 Å². The highest BCUT2D eigenvalue weighted by atomic mass is 35.5. The first kappa shape index (κ1) is 13.4. The molecule has 16 heavy (non-hydrogen) atoms. The van der Waals surface area contributed by atoms with Crippen LogP contribution >= 0.6 is 12.4 Å². The lowest BCUT2D eigenvalue weighted by molar-refractivity contribution is -0.0208. The zero-order chi connectivity index (χ0) is 10.8. The number of benzene rings is 1. The lowest BCUT2D eigenvalue weighted by Gasteiger charge is -2.34. The second kappa shape index (κ2) is 5.62. The Morgan fingerprint density at radius 3 is 2.75 bits per heavy atom. The van der Waals surface area contributed by atoms with E-state index >= 15 is 0 Å². The number of rotatable bonds is 1. The van der Waals surface area contributed by atoms with E-state index in [2.05, 4.69) is 19.2 Å². The summed E-state index contributed by atoms with van der Waals surface area (Å²) in [6, 6.07) is 7.20. The van der Waals surface area contributed by atoms with Crippen LogP contribution in [0.25, 0.3) is 0 Å². The molecule has 0 aromatic heterocycles. The third-order valence-corrected chi connectivity index (χ3v) is 2.70. The molecule has 1 N–H and O–H groups in total. The van der Waals surface area contributed by atoms with Gasteiger partial charge in [-0.15, -0.1) is 12.4 Å². The zero-order valence-corrected chi connectivity index (χ0v) is 10.3. The molecule has 1 aromatic rings. The van der Waals surface area contributed by atoms with Crippen LogP contribution in [0.1, 0.15) is 25.5 Å². The van der Waals surface area contributed by atoms with Crippen LogP contribution in [0.15, 0.2) is 24.3 Å². The molecular formula is C12H17ClFNO. The Labute approximate surface area is 102 Å². The topological polar surface area (TPSA) is 21.3 Å². The van der Waals surface area contributed by atoms with Crippen molar-refractivity contribution in [3.63, 3.8) is 0 Å². The second-order valence-corrected chi connectivity index (χ2v) is 4.17. The van der Waals surface area contributed by atoms with E-state index in [1.165, 1.54) is 6.07 Å². The molecule has 0 aliphatic carbocycles. The fraction of sp³-hybridized carbons (Fsp3) is 0.500. The van der Waals surface area contributed by atoms with Gasteiger partial charge in [0.1, 0.15) is 5.82 Å². The summed E-state index contributed by atoms with van der Waals surface area (Å²) in [5.41, 5.74) is 0.905.